The van der Waals surface area contributed by atoms with Gasteiger partial charge in [0.15, 0.2) is 0 Å². The van der Waals surface area contributed by atoms with Gasteiger partial charge >= 0.3 is 6.03 Å². The van der Waals surface area contributed by atoms with Crippen molar-refractivity contribution in [3.8, 4) is 0 Å². The van der Waals surface area contributed by atoms with Crippen LogP contribution in [0.25, 0.3) is 0 Å². The third-order valence-electron chi connectivity index (χ3n) is 4.43. The summed E-state index contributed by atoms with van der Waals surface area (Å²) >= 11 is 1.70. The minimum absolute atomic E-state index is 0.00540. The molecule has 0 aliphatic carbocycles. The second-order valence-corrected chi connectivity index (χ2v) is 8.12. The van der Waals surface area contributed by atoms with Crippen LogP contribution in [-0.2, 0) is 4.79 Å². The monoisotopic (exact) mass is 351 g/mol. The van der Waals surface area contributed by atoms with E-state index < -0.39 is 0 Å². The molecule has 0 radical (unpaired) electrons. The minimum Gasteiger partial charge on any atom is -0.348 e. The van der Waals surface area contributed by atoms with Gasteiger partial charge in [-0.25, -0.2) is 4.79 Å². The number of likely N-dealkylation sites (tertiary alicyclic amines) is 1. The Labute approximate surface area is 149 Å². The van der Waals surface area contributed by atoms with E-state index in [9.17, 15) is 9.59 Å². The zero-order chi connectivity index (χ0) is 17.7. The Balaban J connectivity index is 1.91. The molecule has 5 nitrogen and oxygen atoms in total. The summed E-state index contributed by atoms with van der Waals surface area (Å²) in [7, 11) is 3.53. The summed E-state index contributed by atoms with van der Waals surface area (Å²) in [5, 5.41) is 5.30. The van der Waals surface area contributed by atoms with E-state index in [4.69, 9.17) is 0 Å². The van der Waals surface area contributed by atoms with Crippen LogP contribution in [0.2, 0.25) is 0 Å². The van der Waals surface area contributed by atoms with Crippen molar-refractivity contribution < 1.29 is 9.59 Å². The summed E-state index contributed by atoms with van der Waals surface area (Å²) in [5.41, 5.74) is 0. The van der Waals surface area contributed by atoms with E-state index in [0.717, 1.165) is 19.3 Å². The van der Waals surface area contributed by atoms with Crippen LogP contribution < -0.4 is 5.32 Å². The molecule has 1 N–H and O–H groups in total. The topological polar surface area (TPSA) is 52.7 Å². The molecule has 1 aromatic heterocycles. The highest BCUT2D eigenvalue weighted by Crippen LogP contribution is 2.27. The molecule has 1 fully saturated rings. The summed E-state index contributed by atoms with van der Waals surface area (Å²) in [5.74, 6) is 0.661. The molecule has 24 heavy (non-hydrogen) atoms. The number of carbonyl (C=O) groups is 2. The summed E-state index contributed by atoms with van der Waals surface area (Å²) in [6.07, 6.45) is 2.43. The second-order valence-electron chi connectivity index (χ2n) is 7.14. The average molecular weight is 352 g/mol. The fourth-order valence-corrected chi connectivity index (χ4v) is 3.90. The molecule has 2 heterocycles. The number of urea groups is 1. The number of carbonyl (C=O) groups excluding carboxylic acids is 2. The van der Waals surface area contributed by atoms with E-state index in [1.807, 2.05) is 11.0 Å². The molecule has 2 rings (SSSR count). The minimum atomic E-state index is 0.00540. The van der Waals surface area contributed by atoms with Gasteiger partial charge < -0.3 is 15.1 Å². The van der Waals surface area contributed by atoms with E-state index in [2.05, 4.69) is 30.6 Å². The van der Waals surface area contributed by atoms with E-state index >= 15 is 0 Å². The zero-order valence-corrected chi connectivity index (χ0v) is 15.9. The molecule has 0 bridgehead atoms. The van der Waals surface area contributed by atoms with Gasteiger partial charge in [0.2, 0.25) is 5.91 Å². The molecule has 1 aliphatic heterocycles. The number of hydrogen-bond acceptors (Lipinski definition) is 3. The van der Waals surface area contributed by atoms with Crippen LogP contribution in [0.5, 0.6) is 0 Å². The molecular formula is C18H29N3O2S. The van der Waals surface area contributed by atoms with Crippen molar-refractivity contribution in [1.82, 2.24) is 15.1 Å². The van der Waals surface area contributed by atoms with Crippen molar-refractivity contribution in [1.29, 1.82) is 0 Å². The van der Waals surface area contributed by atoms with E-state index in [0.29, 0.717) is 19.0 Å². The Kier molecular flexibility index (Phi) is 6.66. The fourth-order valence-electron chi connectivity index (χ4n) is 3.11. The van der Waals surface area contributed by atoms with Crippen molar-refractivity contribution in [2.45, 2.75) is 39.2 Å². The molecule has 6 heteroatoms. The number of hydrogen-bond donors (Lipinski definition) is 1. The first kappa shape index (κ1) is 18.8. The number of piperidine rings is 1. The van der Waals surface area contributed by atoms with Gasteiger partial charge in [-0.1, -0.05) is 19.9 Å². The van der Waals surface area contributed by atoms with E-state index in [1.165, 1.54) is 4.88 Å². The van der Waals surface area contributed by atoms with Gasteiger partial charge in [0.1, 0.15) is 0 Å². The predicted molar refractivity (Wildman–Crippen MR) is 98.0 cm³/mol. The van der Waals surface area contributed by atoms with Crippen molar-refractivity contribution in [2.24, 2.45) is 11.8 Å². The SMILES string of the molecule is CC(C)CC(NC(=O)C1CCN(C(=O)N(C)C)CC1)c1cccs1. The molecule has 1 aliphatic rings. The maximum absolute atomic E-state index is 12.7. The number of thiophene rings is 1. The number of nitrogens with zero attached hydrogens (tertiary/aromatic N) is 2. The van der Waals surface area contributed by atoms with Gasteiger partial charge in [0.05, 0.1) is 6.04 Å². The molecule has 0 saturated carbocycles. The van der Waals surface area contributed by atoms with Crippen LogP contribution in [0.3, 0.4) is 0 Å². The molecule has 0 aromatic carbocycles. The second kappa shape index (κ2) is 8.51. The number of rotatable bonds is 5. The first-order chi connectivity index (χ1) is 11.4. The highest BCUT2D eigenvalue weighted by atomic mass is 32.1. The summed E-state index contributed by atoms with van der Waals surface area (Å²) in [6, 6.07) is 4.25. The van der Waals surface area contributed by atoms with Crippen LogP contribution in [-0.4, -0.2) is 48.9 Å². The van der Waals surface area contributed by atoms with Gasteiger partial charge in [-0.3, -0.25) is 4.79 Å². The van der Waals surface area contributed by atoms with Crippen molar-refractivity contribution >= 4 is 23.3 Å². The fraction of sp³-hybridized carbons (Fsp3) is 0.667. The molecule has 1 unspecified atom stereocenters. The van der Waals surface area contributed by atoms with Crippen LogP contribution in [0, 0.1) is 11.8 Å². The molecule has 1 aromatic rings. The van der Waals surface area contributed by atoms with E-state index in [-0.39, 0.29) is 23.9 Å². The van der Waals surface area contributed by atoms with E-state index in [1.54, 1.807) is 30.3 Å². The largest absolute Gasteiger partial charge is 0.348 e. The Morgan fingerprint density at radius 3 is 2.50 bits per heavy atom. The first-order valence-corrected chi connectivity index (χ1v) is 9.56. The normalized spacial score (nSPS) is 17.0. The van der Waals surface area contributed by atoms with Crippen LogP contribution >= 0.6 is 11.3 Å². The van der Waals surface area contributed by atoms with Gasteiger partial charge in [-0.05, 0) is 36.6 Å². The average Bonchev–Trinajstić information content (AvgIpc) is 3.07. The smallest absolute Gasteiger partial charge is 0.319 e. The maximum atomic E-state index is 12.7. The summed E-state index contributed by atoms with van der Waals surface area (Å²) < 4.78 is 0. The lowest BCUT2D eigenvalue weighted by Gasteiger charge is -2.33. The van der Waals surface area contributed by atoms with Crippen molar-refractivity contribution in [2.75, 3.05) is 27.2 Å². The Morgan fingerprint density at radius 2 is 2.00 bits per heavy atom. The highest BCUT2D eigenvalue weighted by Gasteiger charge is 2.29. The van der Waals surface area contributed by atoms with Gasteiger partial charge in [-0.2, -0.15) is 0 Å². The maximum Gasteiger partial charge on any atom is 0.319 e. The van der Waals surface area contributed by atoms with Crippen molar-refractivity contribution in [3.63, 3.8) is 0 Å². The Morgan fingerprint density at radius 1 is 1.33 bits per heavy atom. The van der Waals surface area contributed by atoms with Gasteiger partial charge in [0, 0.05) is 38.0 Å². The lowest BCUT2D eigenvalue weighted by molar-refractivity contribution is -0.127. The lowest BCUT2D eigenvalue weighted by atomic mass is 9.94. The molecule has 1 atom stereocenters. The van der Waals surface area contributed by atoms with Gasteiger partial charge in [0.25, 0.3) is 0 Å². The molecular weight excluding hydrogens is 322 g/mol. The highest BCUT2D eigenvalue weighted by molar-refractivity contribution is 7.10. The molecule has 1 saturated heterocycles. The molecule has 0 spiro atoms. The van der Waals surface area contributed by atoms with Crippen LogP contribution in [0.15, 0.2) is 17.5 Å². The quantitative estimate of drug-likeness (QED) is 0.884. The predicted octanol–water partition coefficient (Wildman–Crippen LogP) is 3.35. The van der Waals surface area contributed by atoms with Crippen LogP contribution in [0.1, 0.15) is 44.0 Å². The number of nitrogens with one attached hydrogen (secondary N) is 1. The Hall–Kier alpha value is -1.56. The zero-order valence-electron chi connectivity index (χ0n) is 15.1. The van der Waals surface area contributed by atoms with Gasteiger partial charge in [-0.15, -0.1) is 11.3 Å². The first-order valence-electron chi connectivity index (χ1n) is 8.68. The van der Waals surface area contributed by atoms with Crippen LogP contribution in [0.4, 0.5) is 4.79 Å². The molecule has 3 amide bonds. The van der Waals surface area contributed by atoms with Crippen molar-refractivity contribution in [3.05, 3.63) is 22.4 Å². The molecule has 134 valence electrons. The third-order valence-corrected chi connectivity index (χ3v) is 5.42. The Bertz CT molecular complexity index is 534. The summed E-state index contributed by atoms with van der Waals surface area (Å²) in [6.45, 7) is 5.67. The number of amides is 3. The third kappa shape index (κ3) is 4.97. The summed E-state index contributed by atoms with van der Waals surface area (Å²) in [4.78, 5) is 29.3. The standard InChI is InChI=1S/C18H29N3O2S/c1-13(2)12-15(16-6-5-11-24-16)19-17(22)14-7-9-21(10-8-14)18(23)20(3)4/h5-6,11,13-15H,7-10,12H2,1-4H3,(H,19,22). The lowest BCUT2D eigenvalue weighted by Crippen LogP contribution is -2.46.